The fourth-order valence-electron chi connectivity index (χ4n) is 8.18. The molecule has 0 spiro atoms. The van der Waals surface area contributed by atoms with E-state index in [-0.39, 0.29) is 0 Å². The molecule has 0 radical (unpaired) electrons. The van der Waals surface area contributed by atoms with E-state index in [1.165, 1.54) is 84.5 Å². The molecule has 11 aromatic rings. The first-order chi connectivity index (χ1) is 27.2. The van der Waals surface area contributed by atoms with Crippen LogP contribution in [-0.4, -0.2) is 0 Å². The Balaban J connectivity index is 0.974. The van der Waals surface area contributed by atoms with Gasteiger partial charge in [-0.2, -0.15) is 0 Å². The van der Waals surface area contributed by atoms with Crippen LogP contribution in [0.4, 0.5) is 17.1 Å². The SMILES string of the molecule is c1ccc(-c2ccc(N(c3ccc(-c4ccc5c(ccc6c7ccccc7sc56)c4)cc3)c3ccc(-c4cccc5sc6ccccc6c45)cc3)cc2)cc1. The van der Waals surface area contributed by atoms with Gasteiger partial charge in [0.05, 0.1) is 0 Å². The molecule has 3 heteroatoms. The minimum absolute atomic E-state index is 1.11. The fourth-order valence-corrected chi connectivity index (χ4v) is 10.6. The zero-order valence-electron chi connectivity index (χ0n) is 29.8. The van der Waals surface area contributed by atoms with Crippen molar-refractivity contribution in [1.29, 1.82) is 0 Å². The van der Waals surface area contributed by atoms with E-state index >= 15 is 0 Å². The lowest BCUT2D eigenvalue weighted by molar-refractivity contribution is 1.28. The summed E-state index contributed by atoms with van der Waals surface area (Å²) in [6.07, 6.45) is 0. The highest BCUT2D eigenvalue weighted by Gasteiger charge is 2.16. The van der Waals surface area contributed by atoms with E-state index in [4.69, 9.17) is 0 Å². The lowest BCUT2D eigenvalue weighted by Gasteiger charge is -2.26. The van der Waals surface area contributed by atoms with Gasteiger partial charge in [-0.25, -0.2) is 0 Å². The molecule has 55 heavy (non-hydrogen) atoms. The van der Waals surface area contributed by atoms with Crippen LogP contribution in [0.3, 0.4) is 0 Å². The first-order valence-electron chi connectivity index (χ1n) is 18.7. The van der Waals surface area contributed by atoms with Gasteiger partial charge in [0.25, 0.3) is 0 Å². The Morgan fingerprint density at radius 2 is 0.836 bits per heavy atom. The standard InChI is InChI=1S/C52H33NS2/c1-2-9-34(10-3-1)35-17-25-40(26-18-35)53(42-29-21-37(22-30-42)43-13-8-16-50-51(43)47-12-5-7-15-49(47)54-50)41-27-19-36(20-28-41)38-23-31-44-39(33-38)24-32-46-45-11-4-6-14-48(45)55-52(44)46/h1-33H. The zero-order chi connectivity index (χ0) is 36.3. The molecular weight excluding hydrogens is 703 g/mol. The van der Waals surface area contributed by atoms with Gasteiger partial charge >= 0.3 is 0 Å². The summed E-state index contributed by atoms with van der Waals surface area (Å²) in [5.41, 5.74) is 10.7. The maximum atomic E-state index is 2.36. The Labute approximate surface area is 327 Å². The summed E-state index contributed by atoms with van der Waals surface area (Å²) in [7, 11) is 0. The van der Waals surface area contributed by atoms with E-state index in [1.807, 2.05) is 22.7 Å². The van der Waals surface area contributed by atoms with Gasteiger partial charge in [0.2, 0.25) is 0 Å². The van der Waals surface area contributed by atoms with Gasteiger partial charge in [-0.3, -0.25) is 0 Å². The first-order valence-corrected chi connectivity index (χ1v) is 20.3. The lowest BCUT2D eigenvalue weighted by atomic mass is 9.98. The molecule has 0 saturated carbocycles. The number of fused-ring (bicyclic) bond motifs is 8. The molecule has 258 valence electrons. The van der Waals surface area contributed by atoms with E-state index in [1.54, 1.807) is 0 Å². The number of benzene rings is 9. The van der Waals surface area contributed by atoms with Crippen molar-refractivity contribution in [2.45, 2.75) is 0 Å². The molecule has 0 unspecified atom stereocenters. The van der Waals surface area contributed by atoms with Crippen LogP contribution in [0.2, 0.25) is 0 Å². The molecule has 0 saturated heterocycles. The average Bonchev–Trinajstić information content (AvgIpc) is 3.84. The second-order valence-corrected chi connectivity index (χ2v) is 16.2. The minimum atomic E-state index is 1.11. The molecule has 0 aliphatic carbocycles. The van der Waals surface area contributed by atoms with E-state index in [0.717, 1.165) is 17.1 Å². The molecule has 0 amide bonds. The van der Waals surface area contributed by atoms with Crippen molar-refractivity contribution in [3.8, 4) is 33.4 Å². The van der Waals surface area contributed by atoms with Gasteiger partial charge in [-0.05, 0) is 105 Å². The summed E-state index contributed by atoms with van der Waals surface area (Å²) >= 11 is 3.75. The molecule has 0 N–H and O–H groups in total. The summed E-state index contributed by atoms with van der Waals surface area (Å²) in [5, 5.41) is 7.92. The zero-order valence-corrected chi connectivity index (χ0v) is 31.4. The molecule has 2 aromatic heterocycles. The van der Waals surface area contributed by atoms with Gasteiger partial charge in [0.1, 0.15) is 0 Å². The second kappa shape index (κ2) is 13.1. The number of nitrogens with zero attached hydrogens (tertiary/aromatic N) is 1. The molecule has 0 aliphatic heterocycles. The second-order valence-electron chi connectivity index (χ2n) is 14.1. The van der Waals surface area contributed by atoms with Crippen molar-refractivity contribution >= 4 is 90.9 Å². The van der Waals surface area contributed by atoms with Crippen LogP contribution in [0, 0.1) is 0 Å². The number of rotatable bonds is 6. The molecular formula is C52H33NS2. The Hall–Kier alpha value is -6.52. The molecule has 9 aromatic carbocycles. The van der Waals surface area contributed by atoms with Crippen molar-refractivity contribution in [2.75, 3.05) is 4.90 Å². The topological polar surface area (TPSA) is 3.24 Å². The summed E-state index contributed by atoms with van der Waals surface area (Å²) in [4.78, 5) is 2.36. The van der Waals surface area contributed by atoms with Gasteiger partial charge in [0, 0.05) is 57.4 Å². The van der Waals surface area contributed by atoms with Crippen LogP contribution in [-0.2, 0) is 0 Å². The first kappa shape index (κ1) is 32.0. The van der Waals surface area contributed by atoms with Crippen molar-refractivity contribution in [3.63, 3.8) is 0 Å². The smallest absolute Gasteiger partial charge is 0.0462 e. The van der Waals surface area contributed by atoms with Gasteiger partial charge < -0.3 is 4.90 Å². The predicted molar refractivity (Wildman–Crippen MR) is 241 cm³/mol. The lowest BCUT2D eigenvalue weighted by Crippen LogP contribution is -2.09. The minimum Gasteiger partial charge on any atom is -0.311 e. The van der Waals surface area contributed by atoms with Crippen LogP contribution in [0.5, 0.6) is 0 Å². The van der Waals surface area contributed by atoms with Crippen LogP contribution in [0.15, 0.2) is 200 Å². The fraction of sp³-hybridized carbons (Fsp3) is 0. The monoisotopic (exact) mass is 735 g/mol. The molecule has 1 nitrogen and oxygen atoms in total. The van der Waals surface area contributed by atoms with Crippen LogP contribution < -0.4 is 4.90 Å². The van der Waals surface area contributed by atoms with E-state index in [2.05, 4.69) is 205 Å². The summed E-state index contributed by atoms with van der Waals surface area (Å²) in [5.74, 6) is 0. The van der Waals surface area contributed by atoms with E-state index in [0.29, 0.717) is 0 Å². The summed E-state index contributed by atoms with van der Waals surface area (Å²) < 4.78 is 5.35. The van der Waals surface area contributed by atoms with Gasteiger partial charge in [-0.1, -0.05) is 140 Å². The number of anilines is 3. The number of hydrogen-bond acceptors (Lipinski definition) is 3. The third kappa shape index (κ3) is 5.51. The Kier molecular flexibility index (Phi) is 7.61. The third-order valence-corrected chi connectivity index (χ3v) is 13.2. The van der Waals surface area contributed by atoms with Gasteiger partial charge in [-0.15, -0.1) is 22.7 Å². The normalized spacial score (nSPS) is 11.6. The molecule has 0 atom stereocenters. The molecule has 11 rings (SSSR count). The molecule has 0 fully saturated rings. The quantitative estimate of drug-likeness (QED) is 0.164. The molecule has 0 bridgehead atoms. The number of thiophene rings is 2. The highest BCUT2D eigenvalue weighted by atomic mass is 32.1. The maximum Gasteiger partial charge on any atom is 0.0462 e. The van der Waals surface area contributed by atoms with Crippen LogP contribution in [0.1, 0.15) is 0 Å². The number of hydrogen-bond donors (Lipinski definition) is 0. The predicted octanol–water partition coefficient (Wildman–Crippen LogP) is 16.0. The Morgan fingerprint density at radius 1 is 0.309 bits per heavy atom. The average molecular weight is 736 g/mol. The summed E-state index contributed by atoms with van der Waals surface area (Å²) in [6, 6.07) is 73.3. The van der Waals surface area contributed by atoms with Crippen molar-refractivity contribution in [1.82, 2.24) is 0 Å². The Bertz CT molecular complexity index is 3170. The van der Waals surface area contributed by atoms with Crippen LogP contribution in [0.25, 0.3) is 84.5 Å². The molecule has 0 aliphatic rings. The maximum absolute atomic E-state index is 2.36. The van der Waals surface area contributed by atoms with Crippen molar-refractivity contribution in [3.05, 3.63) is 200 Å². The third-order valence-electron chi connectivity index (χ3n) is 10.9. The van der Waals surface area contributed by atoms with E-state index in [9.17, 15) is 0 Å². The van der Waals surface area contributed by atoms with Crippen molar-refractivity contribution < 1.29 is 0 Å². The van der Waals surface area contributed by atoms with E-state index < -0.39 is 0 Å². The highest BCUT2D eigenvalue weighted by molar-refractivity contribution is 7.26. The van der Waals surface area contributed by atoms with Gasteiger partial charge in [0.15, 0.2) is 0 Å². The van der Waals surface area contributed by atoms with Crippen LogP contribution >= 0.6 is 22.7 Å². The molecule has 2 heterocycles. The van der Waals surface area contributed by atoms with Crippen molar-refractivity contribution in [2.24, 2.45) is 0 Å². The largest absolute Gasteiger partial charge is 0.311 e. The Morgan fingerprint density at radius 3 is 1.55 bits per heavy atom. The highest BCUT2D eigenvalue weighted by Crippen LogP contribution is 2.43. The summed E-state index contributed by atoms with van der Waals surface area (Å²) in [6.45, 7) is 0.